The minimum atomic E-state index is 0.447. The highest BCUT2D eigenvalue weighted by molar-refractivity contribution is 6.01. The van der Waals surface area contributed by atoms with Crippen LogP contribution in [-0.4, -0.2) is 4.98 Å². The molecule has 1 aliphatic rings. The van der Waals surface area contributed by atoms with E-state index in [2.05, 4.69) is 92.7 Å². The van der Waals surface area contributed by atoms with Crippen molar-refractivity contribution in [1.82, 2.24) is 4.98 Å². The maximum atomic E-state index is 4.96. The Balaban J connectivity index is 1.96. The molecule has 1 aromatic heterocycles. The summed E-state index contributed by atoms with van der Waals surface area (Å²) in [5.74, 6) is 0.447. The molecule has 4 aromatic rings. The van der Waals surface area contributed by atoms with Crippen LogP contribution >= 0.6 is 0 Å². The van der Waals surface area contributed by atoms with Gasteiger partial charge in [0.05, 0.1) is 5.69 Å². The predicted octanol–water partition coefficient (Wildman–Crippen LogP) is 7.19. The van der Waals surface area contributed by atoms with Gasteiger partial charge in [0, 0.05) is 17.3 Å². The van der Waals surface area contributed by atoms with Crippen LogP contribution < -0.4 is 0 Å². The Morgan fingerprint density at radius 1 is 0.556 bits per heavy atom. The normalized spacial score (nSPS) is 11.7. The molecule has 0 saturated carbocycles. The summed E-state index contributed by atoms with van der Waals surface area (Å²) >= 11 is 0. The first-order chi connectivity index (χ1) is 13.2. The Bertz CT molecular complexity index is 1150. The maximum Gasteiger partial charge on any atom is 0.0786 e. The van der Waals surface area contributed by atoms with Gasteiger partial charge in [0.15, 0.2) is 0 Å². The molecule has 0 bridgehead atoms. The second-order valence-electron chi connectivity index (χ2n) is 7.46. The van der Waals surface area contributed by atoms with Gasteiger partial charge in [-0.15, -0.1) is 0 Å². The van der Waals surface area contributed by atoms with Crippen molar-refractivity contribution < 1.29 is 0 Å². The summed E-state index contributed by atoms with van der Waals surface area (Å²) in [6.07, 6.45) is 2.04. The number of aromatic nitrogens is 1. The fourth-order valence-corrected chi connectivity index (χ4v) is 4.05. The topological polar surface area (TPSA) is 12.9 Å². The molecule has 0 saturated heterocycles. The molecule has 130 valence electrons. The number of nitrogens with zero attached hydrogens (tertiary/aromatic N) is 1. The minimum Gasteiger partial charge on any atom is -0.255 e. The number of fused-ring (bicyclic) bond motifs is 8. The molecule has 0 amide bonds. The van der Waals surface area contributed by atoms with E-state index >= 15 is 0 Å². The third-order valence-electron chi connectivity index (χ3n) is 5.48. The first kappa shape index (κ1) is 16.0. The van der Waals surface area contributed by atoms with Crippen LogP contribution in [0.5, 0.6) is 0 Å². The molecule has 0 radical (unpaired) electrons. The number of benzene rings is 3. The van der Waals surface area contributed by atoms with Gasteiger partial charge in [0.1, 0.15) is 0 Å². The van der Waals surface area contributed by atoms with Crippen molar-refractivity contribution in [2.24, 2.45) is 0 Å². The second kappa shape index (κ2) is 6.21. The molecule has 1 aliphatic carbocycles. The summed E-state index contributed by atoms with van der Waals surface area (Å²) in [4.78, 5) is 4.96. The lowest BCUT2D eigenvalue weighted by Gasteiger charge is -2.23. The van der Waals surface area contributed by atoms with Crippen molar-refractivity contribution in [1.29, 1.82) is 0 Å². The van der Waals surface area contributed by atoms with E-state index in [0.717, 1.165) is 5.69 Å². The van der Waals surface area contributed by atoms with Gasteiger partial charge in [-0.3, -0.25) is 4.98 Å². The van der Waals surface area contributed by atoms with E-state index in [1.807, 2.05) is 6.20 Å². The van der Waals surface area contributed by atoms with Gasteiger partial charge in [0.25, 0.3) is 0 Å². The van der Waals surface area contributed by atoms with Gasteiger partial charge >= 0.3 is 0 Å². The molecule has 1 nitrogen and oxygen atoms in total. The third-order valence-corrected chi connectivity index (χ3v) is 5.48. The number of rotatable bonds is 1. The molecule has 0 unspecified atom stereocenters. The Morgan fingerprint density at radius 3 is 1.44 bits per heavy atom. The maximum absolute atomic E-state index is 4.96. The second-order valence-corrected chi connectivity index (χ2v) is 7.46. The van der Waals surface area contributed by atoms with Gasteiger partial charge in [-0.05, 0) is 45.4 Å². The van der Waals surface area contributed by atoms with E-state index in [1.165, 1.54) is 44.5 Å². The summed E-state index contributed by atoms with van der Waals surface area (Å²) in [6.45, 7) is 4.45. The fraction of sp³-hybridized carbons (Fsp3) is 0.115. The van der Waals surface area contributed by atoms with E-state index < -0.39 is 0 Å². The van der Waals surface area contributed by atoms with Crippen molar-refractivity contribution in [3.63, 3.8) is 0 Å². The van der Waals surface area contributed by atoms with Gasteiger partial charge in [-0.25, -0.2) is 0 Å². The molecule has 1 heterocycles. The highest BCUT2D eigenvalue weighted by atomic mass is 14.7. The van der Waals surface area contributed by atoms with Crippen LogP contribution in [-0.2, 0) is 0 Å². The fourth-order valence-electron chi connectivity index (χ4n) is 4.05. The van der Waals surface area contributed by atoms with Crippen molar-refractivity contribution >= 4 is 0 Å². The molecule has 1 heteroatoms. The monoisotopic (exact) mass is 347 g/mol. The van der Waals surface area contributed by atoms with E-state index in [1.54, 1.807) is 0 Å². The lowest BCUT2D eigenvalue weighted by molar-refractivity contribution is 0.859. The Kier molecular flexibility index (Phi) is 3.68. The largest absolute Gasteiger partial charge is 0.255 e. The molecule has 27 heavy (non-hydrogen) atoms. The molecular weight excluding hydrogens is 326 g/mol. The highest BCUT2D eigenvalue weighted by Crippen LogP contribution is 2.46. The van der Waals surface area contributed by atoms with Crippen molar-refractivity contribution in [3.05, 3.63) is 90.6 Å². The van der Waals surface area contributed by atoms with Gasteiger partial charge in [-0.2, -0.15) is 0 Å². The zero-order valence-electron chi connectivity index (χ0n) is 15.6. The zero-order chi connectivity index (χ0) is 18.4. The summed E-state index contributed by atoms with van der Waals surface area (Å²) in [5, 5.41) is 0. The van der Waals surface area contributed by atoms with E-state index in [4.69, 9.17) is 4.98 Å². The molecule has 3 aromatic carbocycles. The van der Waals surface area contributed by atoms with E-state index in [-0.39, 0.29) is 0 Å². The smallest absolute Gasteiger partial charge is 0.0786 e. The van der Waals surface area contributed by atoms with Crippen LogP contribution in [0, 0.1) is 0 Å². The van der Waals surface area contributed by atoms with Crippen LogP contribution in [0.4, 0.5) is 0 Å². The van der Waals surface area contributed by atoms with E-state index in [9.17, 15) is 0 Å². The van der Waals surface area contributed by atoms with Gasteiger partial charge < -0.3 is 0 Å². The summed E-state index contributed by atoms with van der Waals surface area (Å²) in [6, 6.07) is 28.4. The quantitative estimate of drug-likeness (QED) is 0.313. The average molecular weight is 347 g/mol. The van der Waals surface area contributed by atoms with Crippen molar-refractivity contribution in [3.8, 4) is 44.6 Å². The first-order valence-corrected chi connectivity index (χ1v) is 9.52. The number of hydrogen-bond acceptors (Lipinski definition) is 1. The summed E-state index contributed by atoms with van der Waals surface area (Å²) in [5.41, 5.74) is 11.1. The first-order valence-electron chi connectivity index (χ1n) is 9.52. The summed E-state index contributed by atoms with van der Waals surface area (Å²) in [7, 11) is 0. The van der Waals surface area contributed by atoms with Crippen molar-refractivity contribution in [2.75, 3.05) is 0 Å². The van der Waals surface area contributed by atoms with Gasteiger partial charge in [0.2, 0.25) is 0 Å². The minimum absolute atomic E-state index is 0.447. The third kappa shape index (κ3) is 2.50. The van der Waals surface area contributed by atoms with Crippen molar-refractivity contribution in [2.45, 2.75) is 19.8 Å². The Labute approximate surface area is 160 Å². The van der Waals surface area contributed by atoms with Gasteiger partial charge in [-0.1, -0.05) is 86.6 Å². The van der Waals surface area contributed by atoms with Crippen LogP contribution in [0.1, 0.15) is 25.3 Å². The predicted molar refractivity (Wildman–Crippen MR) is 114 cm³/mol. The average Bonchev–Trinajstić information content (AvgIpc) is 2.72. The highest BCUT2D eigenvalue weighted by Gasteiger charge is 2.22. The van der Waals surface area contributed by atoms with Crippen LogP contribution in [0.3, 0.4) is 0 Å². The molecule has 0 spiro atoms. The Morgan fingerprint density at radius 2 is 0.963 bits per heavy atom. The summed E-state index contributed by atoms with van der Waals surface area (Å²) < 4.78 is 0. The molecule has 5 rings (SSSR count). The zero-order valence-corrected chi connectivity index (χ0v) is 15.6. The lowest BCUT2D eigenvalue weighted by Crippen LogP contribution is -2.00. The lowest BCUT2D eigenvalue weighted by atomic mass is 9.82. The molecular formula is C26H21N. The van der Waals surface area contributed by atoms with Crippen LogP contribution in [0.15, 0.2) is 85.1 Å². The molecule has 0 N–H and O–H groups in total. The standard InChI is InChI=1S/C26H21N/c1-17(2)18-15-25-23-13-6-5-11-21(23)19-9-3-4-10-20(19)22-12-7-8-14-24(22)26(25)27-16-18/h3-17H,1-2H3. The van der Waals surface area contributed by atoms with E-state index in [0.29, 0.717) is 5.92 Å². The number of hydrogen-bond donors (Lipinski definition) is 0. The van der Waals surface area contributed by atoms with Crippen LogP contribution in [0.25, 0.3) is 44.6 Å². The molecule has 0 aliphatic heterocycles. The molecule has 0 fully saturated rings. The Hall–Kier alpha value is -3.19. The SMILES string of the molecule is CC(C)c1cnc2c(c1)-c1ccccc1-c1ccccc1-c1ccccc1-2. The molecule has 0 atom stereocenters. The van der Waals surface area contributed by atoms with Crippen LogP contribution in [0.2, 0.25) is 0 Å². The number of pyridine rings is 1.